The van der Waals surface area contributed by atoms with E-state index in [1.54, 1.807) is 61.5 Å². The molecule has 2 atom stereocenters. The Bertz CT molecular complexity index is 1480. The van der Waals surface area contributed by atoms with Gasteiger partial charge in [0.25, 0.3) is 11.8 Å². The number of benzene rings is 4. The van der Waals surface area contributed by atoms with Crippen LogP contribution in [0.5, 0.6) is 17.2 Å². The van der Waals surface area contributed by atoms with Crippen LogP contribution in [0.4, 0.5) is 5.69 Å². The lowest BCUT2D eigenvalue weighted by Gasteiger charge is -2.35. The zero-order chi connectivity index (χ0) is 28.0. The zero-order valence-electron chi connectivity index (χ0n) is 22.1. The van der Waals surface area contributed by atoms with Crippen LogP contribution in [0.1, 0.15) is 29.7 Å². The van der Waals surface area contributed by atoms with Crippen LogP contribution in [0.25, 0.3) is 0 Å². The first-order valence-electron chi connectivity index (χ1n) is 13.0. The van der Waals surface area contributed by atoms with Crippen molar-refractivity contribution in [1.29, 1.82) is 0 Å². The van der Waals surface area contributed by atoms with Gasteiger partial charge in [-0.2, -0.15) is 0 Å². The van der Waals surface area contributed by atoms with E-state index >= 15 is 0 Å². The van der Waals surface area contributed by atoms with Crippen LogP contribution in [0.2, 0.25) is 0 Å². The number of nitrogens with one attached hydrogen (secondary N) is 2. The molecule has 8 heteroatoms. The topological polar surface area (TPSA) is 112 Å². The Morgan fingerprint density at radius 3 is 2.35 bits per heavy atom. The molecule has 1 heterocycles. The number of hydrogen-bond donors (Lipinski definition) is 3. The average molecular weight is 538 g/mol. The van der Waals surface area contributed by atoms with Crippen molar-refractivity contribution >= 4 is 17.5 Å². The van der Waals surface area contributed by atoms with Crippen molar-refractivity contribution in [2.75, 3.05) is 11.9 Å². The summed E-state index contributed by atoms with van der Waals surface area (Å²) in [6.45, 7) is 2.38. The van der Waals surface area contributed by atoms with Crippen molar-refractivity contribution in [1.82, 2.24) is 5.32 Å². The number of amides is 2. The van der Waals surface area contributed by atoms with Gasteiger partial charge in [-0.15, -0.1) is 0 Å². The lowest BCUT2D eigenvalue weighted by molar-refractivity contribution is -0.142. The van der Waals surface area contributed by atoms with Crippen LogP contribution in [0, 0.1) is 0 Å². The minimum Gasteiger partial charge on any atom is -0.489 e. The number of hydrogen-bond acceptors (Lipinski definition) is 6. The molecule has 5 rings (SSSR count). The molecule has 1 aliphatic heterocycles. The minimum absolute atomic E-state index is 0.00497. The molecule has 0 saturated carbocycles. The van der Waals surface area contributed by atoms with E-state index in [1.807, 2.05) is 48.5 Å². The van der Waals surface area contributed by atoms with Gasteiger partial charge < -0.3 is 30.6 Å². The van der Waals surface area contributed by atoms with Gasteiger partial charge in [-0.25, -0.2) is 0 Å². The molecule has 8 nitrogen and oxygen atoms in total. The van der Waals surface area contributed by atoms with Crippen LogP contribution in [-0.2, 0) is 22.7 Å². The Hall–Kier alpha value is -4.82. The summed E-state index contributed by atoms with van der Waals surface area (Å²) in [4.78, 5) is 27.1. The van der Waals surface area contributed by atoms with Crippen molar-refractivity contribution in [2.24, 2.45) is 5.73 Å². The maximum Gasteiger partial charge on any atom is 0.268 e. The molecule has 0 aromatic heterocycles. The molecule has 1 aliphatic rings. The molecule has 4 aromatic rings. The number of anilines is 1. The van der Waals surface area contributed by atoms with Gasteiger partial charge in [0.2, 0.25) is 5.60 Å². The van der Waals surface area contributed by atoms with Crippen molar-refractivity contribution < 1.29 is 23.8 Å². The highest BCUT2D eigenvalue weighted by Gasteiger charge is 2.42. The van der Waals surface area contributed by atoms with E-state index in [0.29, 0.717) is 41.7 Å². The third-order valence-corrected chi connectivity index (χ3v) is 6.60. The lowest BCUT2D eigenvalue weighted by atomic mass is 10.0. The number of fused-ring (bicyclic) bond motifs is 1. The third kappa shape index (κ3) is 6.24. The summed E-state index contributed by atoms with van der Waals surface area (Å²) in [5.41, 5.74) is 7.49. The fourth-order valence-electron chi connectivity index (χ4n) is 4.33. The first-order valence-corrected chi connectivity index (χ1v) is 13.0. The second-order valence-electron chi connectivity index (χ2n) is 9.71. The van der Waals surface area contributed by atoms with Gasteiger partial charge in [-0.3, -0.25) is 9.59 Å². The van der Waals surface area contributed by atoms with Gasteiger partial charge in [-0.1, -0.05) is 66.7 Å². The molecule has 204 valence electrons. The fraction of sp³-hybridized carbons (Fsp3) is 0.188. The summed E-state index contributed by atoms with van der Waals surface area (Å²) in [5.74, 6) is 0.767. The van der Waals surface area contributed by atoms with Gasteiger partial charge >= 0.3 is 0 Å². The van der Waals surface area contributed by atoms with Gasteiger partial charge in [0.1, 0.15) is 25.0 Å². The molecule has 0 fully saturated rings. The summed E-state index contributed by atoms with van der Waals surface area (Å²) < 4.78 is 17.7. The van der Waals surface area contributed by atoms with Crippen molar-refractivity contribution in [3.63, 3.8) is 0 Å². The molecule has 0 radical (unpaired) electrons. The van der Waals surface area contributed by atoms with E-state index in [0.717, 1.165) is 11.1 Å². The second kappa shape index (κ2) is 11.9. The molecule has 0 spiro atoms. The Morgan fingerprint density at radius 2 is 1.60 bits per heavy atom. The number of nitrogens with two attached hydrogens (primary N) is 1. The van der Waals surface area contributed by atoms with Crippen LogP contribution >= 0.6 is 0 Å². The van der Waals surface area contributed by atoms with Gasteiger partial charge in [0.05, 0.1) is 0 Å². The second-order valence-corrected chi connectivity index (χ2v) is 9.71. The predicted molar refractivity (Wildman–Crippen MR) is 152 cm³/mol. The zero-order valence-corrected chi connectivity index (χ0v) is 22.1. The Labute approximate surface area is 233 Å². The normalized spacial score (nSPS) is 16.4. The van der Waals surface area contributed by atoms with Crippen molar-refractivity contribution in [3.05, 3.63) is 120 Å². The average Bonchev–Trinajstić information content (AvgIpc) is 2.99. The van der Waals surface area contributed by atoms with Crippen LogP contribution in [0.3, 0.4) is 0 Å². The molecule has 0 unspecified atom stereocenters. The first-order chi connectivity index (χ1) is 19.4. The first kappa shape index (κ1) is 26.8. The smallest absolute Gasteiger partial charge is 0.268 e. The van der Waals surface area contributed by atoms with Crippen molar-refractivity contribution in [3.8, 4) is 17.2 Å². The summed E-state index contributed by atoms with van der Waals surface area (Å²) in [6, 6.07) is 30.3. The van der Waals surface area contributed by atoms with E-state index < -0.39 is 23.5 Å². The highest BCUT2D eigenvalue weighted by molar-refractivity contribution is 5.99. The van der Waals surface area contributed by atoms with Crippen LogP contribution < -0.4 is 30.6 Å². The van der Waals surface area contributed by atoms with Gasteiger partial charge in [0, 0.05) is 12.2 Å². The van der Waals surface area contributed by atoms with E-state index in [4.69, 9.17) is 19.9 Å². The molecular weight excluding hydrogens is 506 g/mol. The number of carbonyl (C=O) groups excluding carboxylic acids is 2. The highest BCUT2D eigenvalue weighted by atomic mass is 16.6. The van der Waals surface area contributed by atoms with Gasteiger partial charge in [-0.05, 0) is 60.0 Å². The van der Waals surface area contributed by atoms with E-state index in [2.05, 4.69) is 10.6 Å². The monoisotopic (exact) mass is 537 g/mol. The van der Waals surface area contributed by atoms with Crippen molar-refractivity contribution in [2.45, 2.75) is 31.7 Å². The minimum atomic E-state index is -1.34. The molecule has 0 bridgehead atoms. The Kier molecular flexibility index (Phi) is 7.98. The van der Waals surface area contributed by atoms with Crippen LogP contribution in [-0.4, -0.2) is 24.0 Å². The van der Waals surface area contributed by atoms with E-state index in [9.17, 15) is 9.59 Å². The summed E-state index contributed by atoms with van der Waals surface area (Å²) in [5, 5.41) is 5.78. The Balaban J connectivity index is 1.36. The standard InChI is InChI=1S/C32H31N3O5/c1-32(21-39-27-12-5-6-13-28(27)40-32)31(37)35-29(30(36)34-25-11-7-10-23(18-25)19-33)24-14-16-26(17-15-24)38-20-22-8-3-2-4-9-22/h2-18,29H,19-21,33H2,1H3,(H,34,36)(H,35,37)/t29-,32+/m0/s1. The lowest BCUT2D eigenvalue weighted by Crippen LogP contribution is -2.56. The number of carbonyl (C=O) groups is 2. The predicted octanol–water partition coefficient (Wildman–Crippen LogP) is 4.75. The molecule has 4 N–H and O–H groups in total. The largest absolute Gasteiger partial charge is 0.489 e. The summed E-state index contributed by atoms with van der Waals surface area (Å²) in [6.07, 6.45) is 0. The van der Waals surface area contributed by atoms with E-state index in [-0.39, 0.29) is 6.61 Å². The van der Waals surface area contributed by atoms with Crippen LogP contribution in [0.15, 0.2) is 103 Å². The summed E-state index contributed by atoms with van der Waals surface area (Å²) in [7, 11) is 0. The number of rotatable bonds is 9. The molecule has 0 saturated heterocycles. The number of ether oxygens (including phenoxy) is 3. The molecule has 40 heavy (non-hydrogen) atoms. The SMILES string of the molecule is C[C@]1(C(=O)N[C@H](C(=O)Nc2cccc(CN)c2)c2ccc(OCc3ccccc3)cc2)COc2ccccc2O1. The summed E-state index contributed by atoms with van der Waals surface area (Å²) >= 11 is 0. The number of para-hydroxylation sites is 2. The molecular formula is C32H31N3O5. The fourth-order valence-corrected chi connectivity index (χ4v) is 4.33. The third-order valence-electron chi connectivity index (χ3n) is 6.60. The maximum absolute atomic E-state index is 13.6. The molecule has 2 amide bonds. The van der Waals surface area contributed by atoms with E-state index in [1.165, 1.54) is 0 Å². The van der Waals surface area contributed by atoms with Gasteiger partial charge in [0.15, 0.2) is 11.5 Å². The molecule has 0 aliphatic carbocycles. The quantitative estimate of drug-likeness (QED) is 0.284. The highest BCUT2D eigenvalue weighted by Crippen LogP contribution is 2.35. The molecule has 4 aromatic carbocycles. The maximum atomic E-state index is 13.6. The Morgan fingerprint density at radius 1 is 0.900 bits per heavy atom.